The smallest absolute Gasteiger partial charge is 0.338 e. The Labute approximate surface area is 196 Å². The summed E-state index contributed by atoms with van der Waals surface area (Å²) in [6.45, 7) is 4.53. The van der Waals surface area contributed by atoms with Crippen LogP contribution in [0.4, 0.5) is 11.4 Å². The van der Waals surface area contributed by atoms with Gasteiger partial charge in [-0.2, -0.15) is 5.26 Å². The van der Waals surface area contributed by atoms with Crippen molar-refractivity contribution >= 4 is 17.3 Å². The summed E-state index contributed by atoms with van der Waals surface area (Å²) in [7, 11) is 0. The number of rotatable bonds is 5. The molecule has 2 heterocycles. The number of nitrogens with zero attached hydrogens (tertiary/aromatic N) is 3. The van der Waals surface area contributed by atoms with Crippen molar-refractivity contribution in [3.05, 3.63) is 92.1 Å². The van der Waals surface area contributed by atoms with Gasteiger partial charge in [0.15, 0.2) is 0 Å². The van der Waals surface area contributed by atoms with Gasteiger partial charge in [0.25, 0.3) is 5.69 Å². The van der Waals surface area contributed by atoms with E-state index in [4.69, 9.17) is 15.2 Å². The number of fused-ring (bicyclic) bond motifs is 1. The van der Waals surface area contributed by atoms with Crippen molar-refractivity contribution in [1.82, 2.24) is 0 Å². The molecular formula is C25H24N4O5. The van der Waals surface area contributed by atoms with Gasteiger partial charge in [-0.3, -0.25) is 10.1 Å². The van der Waals surface area contributed by atoms with E-state index in [1.54, 1.807) is 26.0 Å². The van der Waals surface area contributed by atoms with Gasteiger partial charge >= 0.3 is 5.97 Å². The summed E-state index contributed by atoms with van der Waals surface area (Å²) in [4.78, 5) is 26.3. The minimum absolute atomic E-state index is 0.00241. The molecule has 4 rings (SSSR count). The molecule has 9 heteroatoms. The van der Waals surface area contributed by atoms with E-state index in [2.05, 4.69) is 6.07 Å². The summed E-state index contributed by atoms with van der Waals surface area (Å²) < 4.78 is 10.6. The number of carbonyl (C=O) groups is 1. The first kappa shape index (κ1) is 22.9. The normalized spacial score (nSPS) is 17.6. The lowest BCUT2D eigenvalue weighted by atomic mass is 9.82. The fourth-order valence-electron chi connectivity index (χ4n) is 4.52. The minimum atomic E-state index is -0.937. The molecule has 2 aliphatic rings. The van der Waals surface area contributed by atoms with Crippen LogP contribution in [0.5, 0.6) is 0 Å². The summed E-state index contributed by atoms with van der Waals surface area (Å²) in [5, 5.41) is 21.8. The molecule has 2 N–H and O–H groups in total. The van der Waals surface area contributed by atoms with Gasteiger partial charge in [-0.05, 0) is 43.0 Å². The minimum Gasteiger partial charge on any atom is -0.463 e. The van der Waals surface area contributed by atoms with E-state index in [-0.39, 0.29) is 35.1 Å². The number of carbonyl (C=O) groups excluding carboxylic acids is 1. The molecule has 1 unspecified atom stereocenters. The van der Waals surface area contributed by atoms with Gasteiger partial charge in [-0.15, -0.1) is 0 Å². The molecule has 0 radical (unpaired) electrons. The van der Waals surface area contributed by atoms with E-state index >= 15 is 0 Å². The Morgan fingerprint density at radius 1 is 1.32 bits per heavy atom. The summed E-state index contributed by atoms with van der Waals surface area (Å²) in [6, 6.07) is 14.8. The van der Waals surface area contributed by atoms with Gasteiger partial charge in [0, 0.05) is 19.2 Å². The van der Waals surface area contributed by atoms with Crippen LogP contribution in [0.1, 0.15) is 36.5 Å². The molecular weight excluding hydrogens is 436 g/mol. The monoisotopic (exact) mass is 460 g/mol. The molecule has 0 aliphatic carbocycles. The van der Waals surface area contributed by atoms with Gasteiger partial charge in [-0.1, -0.05) is 30.3 Å². The van der Waals surface area contributed by atoms with Crippen molar-refractivity contribution in [2.24, 2.45) is 5.73 Å². The molecule has 2 aromatic rings. The molecule has 34 heavy (non-hydrogen) atoms. The highest BCUT2D eigenvalue weighted by molar-refractivity contribution is 5.92. The molecule has 0 saturated heterocycles. The van der Waals surface area contributed by atoms with E-state index in [0.29, 0.717) is 24.3 Å². The molecule has 0 fully saturated rings. The summed E-state index contributed by atoms with van der Waals surface area (Å²) >= 11 is 0. The highest BCUT2D eigenvalue weighted by atomic mass is 16.6. The van der Waals surface area contributed by atoms with Crippen LogP contribution < -0.4 is 10.6 Å². The Morgan fingerprint density at radius 2 is 2.06 bits per heavy atom. The van der Waals surface area contributed by atoms with Crippen LogP contribution in [0, 0.1) is 21.4 Å². The summed E-state index contributed by atoms with van der Waals surface area (Å²) in [6.07, 6.45) is 0.780. The van der Waals surface area contributed by atoms with Gasteiger partial charge in [0.1, 0.15) is 23.1 Å². The van der Waals surface area contributed by atoms with Gasteiger partial charge in [0.2, 0.25) is 5.88 Å². The Kier molecular flexibility index (Phi) is 6.23. The molecule has 1 atom stereocenters. The highest BCUT2D eigenvalue weighted by Crippen LogP contribution is 2.42. The maximum atomic E-state index is 12.7. The zero-order valence-electron chi connectivity index (χ0n) is 18.9. The maximum absolute atomic E-state index is 12.7. The van der Waals surface area contributed by atoms with E-state index < -0.39 is 16.8 Å². The third kappa shape index (κ3) is 4.06. The van der Waals surface area contributed by atoms with Gasteiger partial charge in [0.05, 0.1) is 23.0 Å². The lowest BCUT2D eigenvalue weighted by Crippen LogP contribution is -2.31. The lowest BCUT2D eigenvalue weighted by molar-refractivity contribution is -0.384. The first-order chi connectivity index (χ1) is 16.3. The van der Waals surface area contributed by atoms with Crippen molar-refractivity contribution in [2.75, 3.05) is 18.1 Å². The number of esters is 1. The van der Waals surface area contributed by atoms with Crippen molar-refractivity contribution in [1.29, 1.82) is 5.26 Å². The zero-order chi connectivity index (χ0) is 24.4. The molecule has 0 amide bonds. The van der Waals surface area contributed by atoms with E-state index in [9.17, 15) is 20.2 Å². The van der Waals surface area contributed by atoms with Crippen LogP contribution in [0.25, 0.3) is 0 Å². The molecule has 0 spiro atoms. The van der Waals surface area contributed by atoms with Crippen LogP contribution in [0.15, 0.2) is 65.3 Å². The largest absolute Gasteiger partial charge is 0.463 e. The third-order valence-corrected chi connectivity index (χ3v) is 6.10. The van der Waals surface area contributed by atoms with Crippen LogP contribution in [-0.4, -0.2) is 24.0 Å². The second-order valence-electron chi connectivity index (χ2n) is 8.06. The molecule has 174 valence electrons. The number of nitro groups is 1. The van der Waals surface area contributed by atoms with Crippen molar-refractivity contribution in [3.63, 3.8) is 0 Å². The average molecular weight is 460 g/mol. The fraction of sp³-hybridized carbons (Fsp3) is 0.280. The first-order valence-electron chi connectivity index (χ1n) is 10.9. The van der Waals surface area contributed by atoms with Crippen molar-refractivity contribution < 1.29 is 19.2 Å². The second-order valence-corrected chi connectivity index (χ2v) is 8.06. The number of nitrogens with two attached hydrogens (primary N) is 1. The van der Waals surface area contributed by atoms with Crippen molar-refractivity contribution in [2.45, 2.75) is 32.7 Å². The van der Waals surface area contributed by atoms with Gasteiger partial charge < -0.3 is 20.1 Å². The molecule has 0 bridgehead atoms. The van der Waals surface area contributed by atoms with E-state index in [1.807, 2.05) is 29.2 Å². The number of allylic oxidation sites excluding steroid dienone is 2. The second kappa shape index (κ2) is 9.27. The Bertz CT molecular complexity index is 1270. The summed E-state index contributed by atoms with van der Waals surface area (Å²) in [5.74, 6) is -1.55. The zero-order valence-corrected chi connectivity index (χ0v) is 18.9. The average Bonchev–Trinajstić information content (AvgIpc) is 2.83. The molecule has 2 aromatic carbocycles. The quantitative estimate of drug-likeness (QED) is 0.405. The van der Waals surface area contributed by atoms with Crippen LogP contribution in [-0.2, 0) is 27.2 Å². The number of hydrogen-bond acceptors (Lipinski definition) is 8. The van der Waals surface area contributed by atoms with Crippen LogP contribution in [0.2, 0.25) is 0 Å². The van der Waals surface area contributed by atoms with Crippen LogP contribution >= 0.6 is 0 Å². The number of hydrogen-bond donors (Lipinski definition) is 1. The summed E-state index contributed by atoms with van der Waals surface area (Å²) in [5.41, 5.74) is 9.16. The Balaban J connectivity index is 1.79. The topological polar surface area (TPSA) is 132 Å². The van der Waals surface area contributed by atoms with E-state index in [0.717, 1.165) is 12.0 Å². The molecule has 9 nitrogen and oxygen atoms in total. The predicted octanol–water partition coefficient (Wildman–Crippen LogP) is 3.80. The van der Waals surface area contributed by atoms with Crippen molar-refractivity contribution in [3.8, 4) is 6.07 Å². The predicted molar refractivity (Wildman–Crippen MR) is 124 cm³/mol. The maximum Gasteiger partial charge on any atom is 0.338 e. The first-order valence-corrected chi connectivity index (χ1v) is 10.9. The number of nitriles is 1. The highest BCUT2D eigenvalue weighted by Gasteiger charge is 2.37. The SMILES string of the molecule is CCOC(=O)C1=C(C)OC(N)=C(C#N)C1c1ccc(N2CCc3ccccc3C2)c([N+](=O)[O-])c1. The Hall–Kier alpha value is -4.32. The lowest BCUT2D eigenvalue weighted by Gasteiger charge is -2.31. The van der Waals surface area contributed by atoms with Crippen LogP contribution in [0.3, 0.4) is 0 Å². The number of nitro benzene ring substituents is 1. The number of anilines is 1. The molecule has 0 aromatic heterocycles. The molecule has 2 aliphatic heterocycles. The van der Waals surface area contributed by atoms with Gasteiger partial charge in [-0.25, -0.2) is 4.79 Å². The Morgan fingerprint density at radius 3 is 2.74 bits per heavy atom. The third-order valence-electron chi connectivity index (χ3n) is 6.10. The number of ether oxygens (including phenoxy) is 2. The standard InChI is InChI=1S/C25H24N4O5/c1-3-33-25(30)22-15(2)34-24(27)19(13-26)23(22)17-8-9-20(21(12-17)29(31)32)28-11-10-16-6-4-5-7-18(16)14-28/h4-9,12,23H,3,10-11,14,27H2,1-2H3. The van der Waals surface area contributed by atoms with E-state index in [1.165, 1.54) is 11.6 Å². The fourth-order valence-corrected chi connectivity index (χ4v) is 4.52. The molecule has 0 saturated carbocycles. The number of benzene rings is 2.